The minimum Gasteiger partial charge on any atom is -0.379 e. The molecule has 1 amide bonds. The average molecular weight is 240 g/mol. The highest BCUT2D eigenvalue weighted by molar-refractivity contribution is 5.77. The number of hydrogen-bond donors (Lipinski definition) is 2. The Morgan fingerprint density at radius 3 is 2.59 bits per heavy atom. The van der Waals surface area contributed by atoms with Crippen molar-refractivity contribution in [2.24, 2.45) is 11.1 Å². The molecule has 3 N–H and O–H groups in total. The summed E-state index contributed by atoms with van der Waals surface area (Å²) in [5, 5.41) is 3.13. The zero-order chi connectivity index (χ0) is 12.4. The Labute approximate surface area is 103 Å². The largest absolute Gasteiger partial charge is 0.379 e. The standard InChI is InChI=1S/C13H24N2O2/c1-12(4-3-7-17-10-12)15-11(16)8-13(9-14)5-2-6-13/h2-10,14H2,1H3,(H,15,16). The van der Waals surface area contributed by atoms with Crippen LogP contribution in [0.5, 0.6) is 0 Å². The second-order valence-corrected chi connectivity index (χ2v) is 6.00. The summed E-state index contributed by atoms with van der Waals surface area (Å²) in [7, 11) is 0. The zero-order valence-electron chi connectivity index (χ0n) is 10.8. The Kier molecular flexibility index (Phi) is 3.73. The number of rotatable bonds is 4. The van der Waals surface area contributed by atoms with Crippen molar-refractivity contribution in [2.75, 3.05) is 19.8 Å². The minimum absolute atomic E-state index is 0.0932. The third-order valence-corrected chi connectivity index (χ3v) is 4.26. The summed E-state index contributed by atoms with van der Waals surface area (Å²) in [4.78, 5) is 12.1. The van der Waals surface area contributed by atoms with E-state index < -0.39 is 0 Å². The maximum Gasteiger partial charge on any atom is 0.221 e. The molecule has 1 atom stereocenters. The van der Waals surface area contributed by atoms with E-state index >= 15 is 0 Å². The number of nitrogens with two attached hydrogens (primary N) is 1. The Hall–Kier alpha value is -0.610. The Balaban J connectivity index is 1.84. The smallest absolute Gasteiger partial charge is 0.221 e. The maximum absolute atomic E-state index is 12.1. The molecule has 1 unspecified atom stereocenters. The molecule has 1 heterocycles. The highest BCUT2D eigenvalue weighted by Crippen LogP contribution is 2.42. The molecule has 0 aromatic rings. The van der Waals surface area contributed by atoms with Crippen LogP contribution in [-0.2, 0) is 9.53 Å². The average Bonchev–Trinajstić information content (AvgIpc) is 2.24. The molecule has 2 rings (SSSR count). The highest BCUT2D eigenvalue weighted by atomic mass is 16.5. The van der Waals surface area contributed by atoms with E-state index in [-0.39, 0.29) is 16.9 Å². The number of nitrogens with one attached hydrogen (secondary N) is 1. The second kappa shape index (κ2) is 4.94. The number of carbonyl (C=O) groups is 1. The van der Waals surface area contributed by atoms with Crippen molar-refractivity contribution in [2.45, 2.75) is 51.0 Å². The van der Waals surface area contributed by atoms with Crippen LogP contribution in [0.1, 0.15) is 45.4 Å². The molecule has 0 aromatic carbocycles. The molecule has 2 aliphatic rings. The fraction of sp³-hybridized carbons (Fsp3) is 0.923. The first-order valence-corrected chi connectivity index (χ1v) is 6.66. The first-order chi connectivity index (χ1) is 8.08. The quantitative estimate of drug-likeness (QED) is 0.776. The van der Waals surface area contributed by atoms with Crippen molar-refractivity contribution < 1.29 is 9.53 Å². The molecule has 0 radical (unpaired) electrons. The summed E-state index contributed by atoms with van der Waals surface area (Å²) in [6.07, 6.45) is 6.03. The van der Waals surface area contributed by atoms with Gasteiger partial charge in [0.05, 0.1) is 12.1 Å². The third kappa shape index (κ3) is 2.99. The molecule has 4 nitrogen and oxygen atoms in total. The van der Waals surface area contributed by atoms with E-state index in [0.717, 1.165) is 32.3 Å². The summed E-state index contributed by atoms with van der Waals surface area (Å²) < 4.78 is 5.44. The minimum atomic E-state index is -0.172. The lowest BCUT2D eigenvalue weighted by Gasteiger charge is -2.42. The van der Waals surface area contributed by atoms with E-state index in [0.29, 0.717) is 19.6 Å². The highest BCUT2D eigenvalue weighted by Gasteiger charge is 2.39. The SMILES string of the molecule is CC1(NC(=O)CC2(CN)CCC2)CCCOC1. The van der Waals surface area contributed by atoms with Crippen molar-refractivity contribution in [1.82, 2.24) is 5.32 Å². The Morgan fingerprint density at radius 1 is 1.35 bits per heavy atom. The van der Waals surface area contributed by atoms with Gasteiger partial charge in [0.25, 0.3) is 0 Å². The van der Waals surface area contributed by atoms with Gasteiger partial charge >= 0.3 is 0 Å². The van der Waals surface area contributed by atoms with Crippen molar-refractivity contribution in [3.63, 3.8) is 0 Å². The molecule has 1 saturated carbocycles. The summed E-state index contributed by atoms with van der Waals surface area (Å²) in [5.41, 5.74) is 5.70. The maximum atomic E-state index is 12.1. The first-order valence-electron chi connectivity index (χ1n) is 6.66. The number of amides is 1. The van der Waals surface area contributed by atoms with Gasteiger partial charge in [-0.25, -0.2) is 0 Å². The number of carbonyl (C=O) groups excluding carboxylic acids is 1. The molecule has 0 aromatic heterocycles. The summed E-state index contributed by atoms with van der Waals surface area (Å²) in [5.74, 6) is 0.142. The van der Waals surface area contributed by atoms with Gasteiger partial charge in [-0.1, -0.05) is 6.42 Å². The topological polar surface area (TPSA) is 64.4 Å². The van der Waals surface area contributed by atoms with Crippen LogP contribution < -0.4 is 11.1 Å². The van der Waals surface area contributed by atoms with Crippen molar-refractivity contribution in [3.8, 4) is 0 Å². The molecule has 0 bridgehead atoms. The Bertz CT molecular complexity index is 276. The van der Waals surface area contributed by atoms with Crippen LogP contribution in [0, 0.1) is 5.41 Å². The molecular weight excluding hydrogens is 216 g/mol. The van der Waals surface area contributed by atoms with Crippen LogP contribution in [-0.4, -0.2) is 31.2 Å². The van der Waals surface area contributed by atoms with Gasteiger partial charge in [-0.3, -0.25) is 4.79 Å². The number of ether oxygens (including phenoxy) is 1. The van der Waals surface area contributed by atoms with Gasteiger partial charge in [-0.2, -0.15) is 0 Å². The summed E-state index contributed by atoms with van der Waals surface area (Å²) in [6, 6.07) is 0. The Morgan fingerprint density at radius 2 is 2.12 bits per heavy atom. The van der Waals surface area contributed by atoms with Gasteiger partial charge in [-0.05, 0) is 44.6 Å². The first kappa shape index (κ1) is 12.8. The molecule has 17 heavy (non-hydrogen) atoms. The van der Waals surface area contributed by atoms with Crippen LogP contribution in [0.25, 0.3) is 0 Å². The van der Waals surface area contributed by atoms with Crippen LogP contribution >= 0.6 is 0 Å². The molecule has 1 saturated heterocycles. The molecule has 1 aliphatic carbocycles. The van der Waals surface area contributed by atoms with Crippen molar-refractivity contribution in [3.05, 3.63) is 0 Å². The van der Waals surface area contributed by atoms with E-state index in [2.05, 4.69) is 12.2 Å². The van der Waals surface area contributed by atoms with E-state index in [1.807, 2.05) is 0 Å². The van der Waals surface area contributed by atoms with E-state index in [9.17, 15) is 4.79 Å². The number of hydrogen-bond acceptors (Lipinski definition) is 3. The molecule has 98 valence electrons. The van der Waals surface area contributed by atoms with Gasteiger partial charge in [0, 0.05) is 13.0 Å². The van der Waals surface area contributed by atoms with Gasteiger partial charge < -0.3 is 15.8 Å². The lowest BCUT2D eigenvalue weighted by atomic mass is 9.66. The van der Waals surface area contributed by atoms with E-state index in [1.54, 1.807) is 0 Å². The van der Waals surface area contributed by atoms with Crippen LogP contribution in [0.15, 0.2) is 0 Å². The van der Waals surface area contributed by atoms with Gasteiger partial charge in [-0.15, -0.1) is 0 Å². The van der Waals surface area contributed by atoms with Crippen molar-refractivity contribution in [1.29, 1.82) is 0 Å². The van der Waals surface area contributed by atoms with Gasteiger partial charge in [0.15, 0.2) is 0 Å². The normalized spacial score (nSPS) is 31.6. The predicted molar refractivity (Wildman–Crippen MR) is 66.6 cm³/mol. The second-order valence-electron chi connectivity index (χ2n) is 6.00. The van der Waals surface area contributed by atoms with Crippen LogP contribution in [0.3, 0.4) is 0 Å². The molecule has 1 aliphatic heterocycles. The lowest BCUT2D eigenvalue weighted by Crippen LogP contribution is -2.53. The van der Waals surface area contributed by atoms with Crippen LogP contribution in [0.2, 0.25) is 0 Å². The monoisotopic (exact) mass is 240 g/mol. The van der Waals surface area contributed by atoms with E-state index in [1.165, 1.54) is 6.42 Å². The molecule has 0 spiro atoms. The van der Waals surface area contributed by atoms with Gasteiger partial charge in [0.1, 0.15) is 0 Å². The van der Waals surface area contributed by atoms with Crippen LogP contribution in [0.4, 0.5) is 0 Å². The fourth-order valence-electron chi connectivity index (χ4n) is 2.88. The van der Waals surface area contributed by atoms with Gasteiger partial charge in [0.2, 0.25) is 5.91 Å². The fourth-order valence-corrected chi connectivity index (χ4v) is 2.88. The predicted octanol–water partition coefficient (Wildman–Crippen LogP) is 1.19. The zero-order valence-corrected chi connectivity index (χ0v) is 10.8. The summed E-state index contributed by atoms with van der Waals surface area (Å²) >= 11 is 0. The lowest BCUT2D eigenvalue weighted by molar-refractivity contribution is -0.128. The van der Waals surface area contributed by atoms with E-state index in [4.69, 9.17) is 10.5 Å². The third-order valence-electron chi connectivity index (χ3n) is 4.26. The van der Waals surface area contributed by atoms with Crippen molar-refractivity contribution >= 4 is 5.91 Å². The molecule has 4 heteroatoms. The molecular formula is C13H24N2O2. The molecule has 2 fully saturated rings. The summed E-state index contributed by atoms with van der Waals surface area (Å²) in [6.45, 7) is 4.15.